The molecular weight excluding hydrogens is 630 g/mol. The first kappa shape index (κ1) is 29.4. The molecule has 6 rings (SSSR count). The highest BCUT2D eigenvalue weighted by Gasteiger charge is 2.41. The van der Waals surface area contributed by atoms with Crippen molar-refractivity contribution in [2.45, 2.75) is 23.2 Å². The standard InChI is InChI=1S/C25H30ClN5O6S4/c1-28-5-4-20-22(15-28)39-24(27-20)25(32)31-7-6-30(14-19(31)16-40(33,34)29-8-10-37-11-9-29)41(35,36)23-12-17-2-3-18(26)13-21(17)38-23/h2-3,12-13,19H,4-11,14-16H2,1H3. The second-order valence-corrected chi connectivity index (χ2v) is 17.2. The number of nitrogens with zero attached hydrogens (tertiary/aromatic N) is 5. The SMILES string of the molecule is CN1CCc2nc(C(=O)N3CCN(S(=O)(=O)c4cc5ccc(Cl)cc5s4)CC3CS(=O)(=O)N3CCOCC3)sc2C1. The van der Waals surface area contributed by atoms with Crippen molar-refractivity contribution in [3.63, 3.8) is 0 Å². The van der Waals surface area contributed by atoms with Gasteiger partial charge in [-0.3, -0.25) is 4.79 Å². The van der Waals surface area contributed by atoms with Gasteiger partial charge in [0.25, 0.3) is 15.9 Å². The molecule has 1 atom stereocenters. The van der Waals surface area contributed by atoms with Gasteiger partial charge in [0.2, 0.25) is 10.0 Å². The Morgan fingerprint density at radius 2 is 1.83 bits per heavy atom. The summed E-state index contributed by atoms with van der Waals surface area (Å²) >= 11 is 8.56. The van der Waals surface area contributed by atoms with Crippen molar-refractivity contribution in [1.29, 1.82) is 0 Å². The van der Waals surface area contributed by atoms with Crippen LogP contribution in [0.3, 0.4) is 0 Å². The van der Waals surface area contributed by atoms with Gasteiger partial charge in [-0.15, -0.1) is 22.7 Å². The molecule has 11 nitrogen and oxygen atoms in total. The average Bonchev–Trinajstić information content (AvgIpc) is 3.57. The average molecular weight is 660 g/mol. The summed E-state index contributed by atoms with van der Waals surface area (Å²) in [6.45, 7) is 2.56. The van der Waals surface area contributed by atoms with Gasteiger partial charge < -0.3 is 14.5 Å². The minimum absolute atomic E-state index is 0.0466. The van der Waals surface area contributed by atoms with E-state index in [9.17, 15) is 21.6 Å². The molecule has 0 radical (unpaired) electrons. The van der Waals surface area contributed by atoms with Crippen molar-refractivity contribution in [1.82, 2.24) is 23.4 Å². The minimum Gasteiger partial charge on any atom is -0.379 e. The van der Waals surface area contributed by atoms with Crippen LogP contribution in [0.5, 0.6) is 0 Å². The highest BCUT2D eigenvalue weighted by molar-refractivity contribution is 7.91. The Morgan fingerprint density at radius 3 is 2.61 bits per heavy atom. The first-order valence-electron chi connectivity index (χ1n) is 13.2. The molecule has 1 amide bonds. The fourth-order valence-electron chi connectivity index (χ4n) is 5.40. The van der Waals surface area contributed by atoms with Gasteiger partial charge in [-0.2, -0.15) is 8.61 Å². The Labute approximate surface area is 252 Å². The van der Waals surface area contributed by atoms with E-state index < -0.39 is 26.1 Å². The second kappa shape index (κ2) is 11.4. The van der Waals surface area contributed by atoms with Crippen LogP contribution in [0.15, 0.2) is 28.5 Å². The zero-order valence-electron chi connectivity index (χ0n) is 22.4. The van der Waals surface area contributed by atoms with E-state index in [-0.39, 0.29) is 48.6 Å². The molecule has 2 fully saturated rings. The molecule has 3 aliphatic rings. The zero-order valence-corrected chi connectivity index (χ0v) is 26.4. The maximum atomic E-state index is 13.8. The number of hydrogen-bond acceptors (Lipinski definition) is 10. The highest BCUT2D eigenvalue weighted by atomic mass is 35.5. The molecule has 0 aliphatic carbocycles. The van der Waals surface area contributed by atoms with E-state index in [0.717, 1.165) is 45.0 Å². The largest absolute Gasteiger partial charge is 0.379 e. The number of sulfonamides is 2. The Morgan fingerprint density at radius 1 is 1.05 bits per heavy atom. The molecule has 0 N–H and O–H groups in total. The lowest BCUT2D eigenvalue weighted by atomic mass is 10.2. The van der Waals surface area contributed by atoms with Gasteiger partial charge in [0.15, 0.2) is 5.01 Å². The summed E-state index contributed by atoms with van der Waals surface area (Å²) in [5, 5.41) is 1.59. The highest BCUT2D eigenvalue weighted by Crippen LogP contribution is 2.34. The molecule has 1 unspecified atom stereocenters. The van der Waals surface area contributed by atoms with E-state index in [2.05, 4.69) is 9.88 Å². The number of likely N-dealkylation sites (N-methyl/N-ethyl adjacent to an activating group) is 1. The van der Waals surface area contributed by atoms with Crippen molar-refractivity contribution in [3.8, 4) is 0 Å². The summed E-state index contributed by atoms with van der Waals surface area (Å²) < 4.78 is 63.3. The number of hydrogen-bond donors (Lipinski definition) is 0. The van der Waals surface area contributed by atoms with Crippen molar-refractivity contribution < 1.29 is 26.4 Å². The van der Waals surface area contributed by atoms with Crippen molar-refractivity contribution in [2.24, 2.45) is 0 Å². The van der Waals surface area contributed by atoms with Gasteiger partial charge in [0.1, 0.15) is 4.21 Å². The smallest absolute Gasteiger partial charge is 0.283 e. The van der Waals surface area contributed by atoms with E-state index in [1.54, 1.807) is 24.3 Å². The molecule has 5 heterocycles. The van der Waals surface area contributed by atoms with Gasteiger partial charge >= 0.3 is 0 Å². The number of amides is 1. The summed E-state index contributed by atoms with van der Waals surface area (Å²) in [6.07, 6.45) is 0.747. The molecule has 3 aromatic rings. The number of fused-ring (bicyclic) bond motifs is 2. The van der Waals surface area contributed by atoms with Crippen LogP contribution in [-0.2, 0) is 37.7 Å². The number of rotatable bonds is 6. The molecule has 0 spiro atoms. The van der Waals surface area contributed by atoms with Crippen molar-refractivity contribution in [2.75, 3.05) is 65.3 Å². The number of thiophene rings is 1. The first-order valence-corrected chi connectivity index (χ1v) is 18.3. The topological polar surface area (TPSA) is 120 Å². The Balaban J connectivity index is 1.29. The molecule has 0 saturated carbocycles. The minimum atomic E-state index is -3.95. The Kier molecular flexibility index (Phi) is 8.19. The van der Waals surface area contributed by atoms with Crippen LogP contribution in [0.2, 0.25) is 5.02 Å². The number of ether oxygens (including phenoxy) is 1. The third kappa shape index (κ3) is 5.93. The fraction of sp³-hybridized carbons (Fsp3) is 0.520. The molecule has 41 heavy (non-hydrogen) atoms. The summed E-state index contributed by atoms with van der Waals surface area (Å²) in [4.78, 5) is 23.1. The summed E-state index contributed by atoms with van der Waals surface area (Å²) in [6, 6.07) is 5.93. The zero-order chi connectivity index (χ0) is 28.9. The van der Waals surface area contributed by atoms with E-state index in [0.29, 0.717) is 29.8 Å². The molecule has 222 valence electrons. The quantitative estimate of drug-likeness (QED) is 0.395. The van der Waals surface area contributed by atoms with Gasteiger partial charge in [-0.25, -0.2) is 21.8 Å². The number of piperazine rings is 1. The molecule has 16 heteroatoms. The van der Waals surface area contributed by atoms with Crippen LogP contribution in [-0.4, -0.2) is 117 Å². The maximum Gasteiger partial charge on any atom is 0.283 e. The van der Waals surface area contributed by atoms with Crippen LogP contribution in [0.25, 0.3) is 10.1 Å². The lowest BCUT2D eigenvalue weighted by Crippen LogP contribution is -2.59. The van der Waals surface area contributed by atoms with E-state index in [4.69, 9.17) is 16.3 Å². The van der Waals surface area contributed by atoms with Crippen LogP contribution in [0.1, 0.15) is 20.4 Å². The third-order valence-corrected chi connectivity index (χ3v) is 14.3. The molecule has 0 bridgehead atoms. The number of halogens is 1. The lowest BCUT2D eigenvalue weighted by Gasteiger charge is -2.41. The summed E-state index contributed by atoms with van der Waals surface area (Å²) in [7, 11) is -5.73. The maximum absolute atomic E-state index is 13.8. The van der Waals surface area contributed by atoms with Crippen LogP contribution >= 0.6 is 34.3 Å². The van der Waals surface area contributed by atoms with Gasteiger partial charge in [0, 0.05) is 66.8 Å². The molecule has 2 aromatic heterocycles. The number of carbonyl (C=O) groups is 1. The second-order valence-electron chi connectivity index (χ2n) is 10.4. The van der Waals surface area contributed by atoms with Crippen LogP contribution in [0, 0.1) is 0 Å². The van der Waals surface area contributed by atoms with E-state index >= 15 is 0 Å². The van der Waals surface area contributed by atoms with Crippen LogP contribution in [0.4, 0.5) is 0 Å². The van der Waals surface area contributed by atoms with E-state index in [1.807, 2.05) is 7.05 Å². The predicted molar refractivity (Wildman–Crippen MR) is 159 cm³/mol. The normalized spacial score (nSPS) is 21.8. The van der Waals surface area contributed by atoms with Gasteiger partial charge in [0.05, 0.1) is 30.7 Å². The Hall–Kier alpha value is -1.69. The number of carbonyl (C=O) groups excluding carboxylic acids is 1. The summed E-state index contributed by atoms with van der Waals surface area (Å²) in [5.41, 5.74) is 0.903. The Bertz CT molecular complexity index is 1680. The van der Waals surface area contributed by atoms with Crippen molar-refractivity contribution >= 4 is 70.3 Å². The predicted octanol–water partition coefficient (Wildman–Crippen LogP) is 2.18. The summed E-state index contributed by atoms with van der Waals surface area (Å²) in [5.74, 6) is -0.747. The lowest BCUT2D eigenvalue weighted by molar-refractivity contribution is 0.0583. The number of benzene rings is 1. The molecule has 3 aliphatic heterocycles. The molecule has 1 aromatic carbocycles. The van der Waals surface area contributed by atoms with Crippen molar-refractivity contribution in [3.05, 3.63) is 44.9 Å². The number of aromatic nitrogens is 1. The van der Waals surface area contributed by atoms with Gasteiger partial charge in [-0.1, -0.05) is 17.7 Å². The third-order valence-electron chi connectivity index (χ3n) is 7.63. The molecular formula is C25H30ClN5O6S4. The van der Waals surface area contributed by atoms with Gasteiger partial charge in [-0.05, 0) is 30.6 Å². The number of thiazole rings is 1. The van der Waals surface area contributed by atoms with Crippen LogP contribution < -0.4 is 0 Å². The first-order chi connectivity index (χ1) is 19.5. The molecule has 2 saturated heterocycles. The van der Waals surface area contributed by atoms with E-state index in [1.165, 1.54) is 24.8 Å². The monoisotopic (exact) mass is 659 g/mol. The number of morpholine rings is 1. The fourth-order valence-corrected chi connectivity index (χ4v) is 11.5.